The van der Waals surface area contributed by atoms with Crippen LogP contribution in [0.2, 0.25) is 0 Å². The van der Waals surface area contributed by atoms with Gasteiger partial charge in [0.25, 0.3) is 5.91 Å². The van der Waals surface area contributed by atoms with Crippen LogP contribution in [0.15, 0.2) is 47.5 Å². The van der Waals surface area contributed by atoms with Crippen molar-refractivity contribution in [3.05, 3.63) is 58.4 Å². The Kier molecular flexibility index (Phi) is 5.06. The van der Waals surface area contributed by atoms with Crippen LogP contribution in [-0.4, -0.2) is 17.6 Å². The maximum absolute atomic E-state index is 12.9. The van der Waals surface area contributed by atoms with Gasteiger partial charge in [0.2, 0.25) is 0 Å². The Morgan fingerprint density at radius 3 is 2.70 bits per heavy atom. The van der Waals surface area contributed by atoms with Crippen LogP contribution in [0.3, 0.4) is 0 Å². The number of rotatable bonds is 3. The topological polar surface area (TPSA) is 43.6 Å². The van der Waals surface area contributed by atoms with Crippen LogP contribution in [0.5, 0.6) is 5.75 Å². The van der Waals surface area contributed by atoms with E-state index in [-0.39, 0.29) is 16.9 Å². The Morgan fingerprint density at radius 2 is 2.04 bits per heavy atom. The Hall–Kier alpha value is -3.05. The van der Waals surface area contributed by atoms with Gasteiger partial charge in [0, 0.05) is 5.56 Å². The second kappa shape index (κ2) is 7.29. The summed E-state index contributed by atoms with van der Waals surface area (Å²) >= 11 is 1.20. The summed E-state index contributed by atoms with van der Waals surface area (Å²) in [6.07, 6.45) is 0.885. The number of benzene rings is 2. The second-order valence-corrected chi connectivity index (χ2v) is 6.49. The number of alkyl halides is 3. The molecule has 8 heteroatoms. The number of carbonyl (C=O) groups excluding carboxylic acids is 1. The molecule has 0 aliphatic rings. The standard InChI is InChI=1S/C19H13F3N2O2S/c1-3-10-24-16-14(26-2)8-5-9-15(16)27-18(24)23-17(25)12-6-4-7-13(11-12)19(20,21)22/h1,4-9,11H,10H2,2H3. The molecule has 0 N–H and O–H groups in total. The van der Waals surface area contributed by atoms with Crippen LogP contribution >= 0.6 is 11.3 Å². The highest BCUT2D eigenvalue weighted by atomic mass is 32.1. The highest BCUT2D eigenvalue weighted by Crippen LogP contribution is 2.30. The van der Waals surface area contributed by atoms with Crippen LogP contribution in [0.1, 0.15) is 15.9 Å². The number of amides is 1. The predicted octanol–water partition coefficient (Wildman–Crippen LogP) is 4.10. The highest BCUT2D eigenvalue weighted by molar-refractivity contribution is 7.16. The van der Waals surface area contributed by atoms with Gasteiger partial charge in [-0.25, -0.2) is 0 Å². The smallest absolute Gasteiger partial charge is 0.416 e. The number of aromatic nitrogens is 1. The SMILES string of the molecule is C#CCn1c(=NC(=O)c2cccc(C(F)(F)F)c2)sc2cccc(OC)c21. The molecule has 0 bridgehead atoms. The highest BCUT2D eigenvalue weighted by Gasteiger charge is 2.30. The summed E-state index contributed by atoms with van der Waals surface area (Å²) in [5.74, 6) is 2.27. The van der Waals surface area contributed by atoms with E-state index < -0.39 is 17.6 Å². The molecule has 27 heavy (non-hydrogen) atoms. The minimum Gasteiger partial charge on any atom is -0.495 e. The van der Waals surface area contributed by atoms with Crippen molar-refractivity contribution in [2.75, 3.05) is 7.11 Å². The Labute approximate surface area is 156 Å². The van der Waals surface area contributed by atoms with E-state index >= 15 is 0 Å². The third-order valence-corrected chi connectivity index (χ3v) is 4.81. The Morgan fingerprint density at radius 1 is 1.30 bits per heavy atom. The van der Waals surface area contributed by atoms with Gasteiger partial charge in [-0.2, -0.15) is 18.2 Å². The van der Waals surface area contributed by atoms with E-state index in [4.69, 9.17) is 11.2 Å². The number of hydrogen-bond acceptors (Lipinski definition) is 3. The number of methoxy groups -OCH3 is 1. The molecule has 2 aromatic carbocycles. The van der Waals surface area contributed by atoms with Crippen molar-refractivity contribution in [1.29, 1.82) is 0 Å². The molecule has 0 radical (unpaired) electrons. The lowest BCUT2D eigenvalue weighted by atomic mass is 10.1. The van der Waals surface area contributed by atoms with Gasteiger partial charge in [-0.1, -0.05) is 29.4 Å². The van der Waals surface area contributed by atoms with Gasteiger partial charge >= 0.3 is 6.18 Å². The molecule has 0 unspecified atom stereocenters. The van der Waals surface area contributed by atoms with E-state index in [1.807, 2.05) is 6.07 Å². The summed E-state index contributed by atoms with van der Waals surface area (Å²) in [5, 5.41) is 0. The third kappa shape index (κ3) is 3.73. The van der Waals surface area contributed by atoms with Gasteiger partial charge < -0.3 is 9.30 Å². The summed E-state index contributed by atoms with van der Waals surface area (Å²) in [6.45, 7) is 0.134. The molecule has 138 valence electrons. The number of fused-ring (bicyclic) bond motifs is 1. The quantitative estimate of drug-likeness (QED) is 0.632. The van der Waals surface area contributed by atoms with Crippen molar-refractivity contribution in [3.8, 4) is 18.1 Å². The van der Waals surface area contributed by atoms with Gasteiger partial charge in [-0.3, -0.25) is 4.79 Å². The number of terminal acetylenes is 1. The zero-order valence-electron chi connectivity index (χ0n) is 14.1. The molecule has 1 heterocycles. The van der Waals surface area contributed by atoms with Crippen molar-refractivity contribution in [1.82, 2.24) is 4.57 Å². The van der Waals surface area contributed by atoms with Gasteiger partial charge in [0.15, 0.2) is 4.80 Å². The van der Waals surface area contributed by atoms with Crippen molar-refractivity contribution in [2.45, 2.75) is 12.7 Å². The number of para-hydroxylation sites is 1. The molecule has 1 aromatic heterocycles. The Bertz CT molecular complexity index is 1120. The number of carbonyl (C=O) groups is 1. The monoisotopic (exact) mass is 390 g/mol. The lowest BCUT2D eigenvalue weighted by Crippen LogP contribution is -2.17. The van der Waals surface area contributed by atoms with Crippen LogP contribution < -0.4 is 9.54 Å². The molecular formula is C19H13F3N2O2S. The molecule has 0 fully saturated rings. The first-order valence-corrected chi connectivity index (χ1v) is 8.53. The molecule has 4 nitrogen and oxygen atoms in total. The van der Waals surface area contributed by atoms with Gasteiger partial charge in [0.1, 0.15) is 11.3 Å². The van der Waals surface area contributed by atoms with Gasteiger partial charge in [-0.05, 0) is 30.3 Å². The number of ether oxygens (including phenoxy) is 1. The number of nitrogens with zero attached hydrogens (tertiary/aromatic N) is 2. The molecule has 0 saturated carbocycles. The van der Waals surface area contributed by atoms with Gasteiger partial charge in [-0.15, -0.1) is 6.42 Å². The first kappa shape index (κ1) is 18.7. The van der Waals surface area contributed by atoms with Crippen molar-refractivity contribution in [2.24, 2.45) is 4.99 Å². The van der Waals surface area contributed by atoms with E-state index in [1.54, 1.807) is 16.7 Å². The summed E-state index contributed by atoms with van der Waals surface area (Å²) in [7, 11) is 1.51. The lowest BCUT2D eigenvalue weighted by molar-refractivity contribution is -0.137. The molecule has 0 spiro atoms. The molecule has 0 saturated heterocycles. The zero-order chi connectivity index (χ0) is 19.6. The van der Waals surface area contributed by atoms with Crippen LogP contribution in [-0.2, 0) is 12.7 Å². The largest absolute Gasteiger partial charge is 0.495 e. The lowest BCUT2D eigenvalue weighted by Gasteiger charge is -2.07. The normalized spacial score (nSPS) is 12.2. The third-order valence-electron chi connectivity index (χ3n) is 3.77. The maximum Gasteiger partial charge on any atom is 0.416 e. The fourth-order valence-electron chi connectivity index (χ4n) is 2.57. The number of thiazole rings is 1. The van der Waals surface area contributed by atoms with Crippen LogP contribution in [0, 0.1) is 12.3 Å². The van der Waals surface area contributed by atoms with E-state index in [0.29, 0.717) is 11.3 Å². The van der Waals surface area contributed by atoms with Gasteiger partial charge in [0.05, 0.1) is 23.9 Å². The van der Waals surface area contributed by atoms with E-state index in [2.05, 4.69) is 10.9 Å². The van der Waals surface area contributed by atoms with E-state index in [1.165, 1.54) is 30.6 Å². The molecule has 1 amide bonds. The number of hydrogen-bond donors (Lipinski definition) is 0. The Balaban J connectivity index is 2.15. The van der Waals surface area contributed by atoms with Crippen molar-refractivity contribution < 1.29 is 22.7 Å². The van der Waals surface area contributed by atoms with E-state index in [9.17, 15) is 18.0 Å². The van der Waals surface area contributed by atoms with Crippen LogP contribution in [0.4, 0.5) is 13.2 Å². The molecule has 3 aromatic rings. The molecule has 0 aliphatic heterocycles. The van der Waals surface area contributed by atoms with Crippen molar-refractivity contribution >= 4 is 27.5 Å². The summed E-state index contributed by atoms with van der Waals surface area (Å²) in [5.41, 5.74) is -0.377. The minimum absolute atomic E-state index is 0.134. The zero-order valence-corrected chi connectivity index (χ0v) is 14.9. The average Bonchev–Trinajstić information content (AvgIpc) is 2.99. The molecule has 0 aliphatic carbocycles. The fraction of sp³-hybridized carbons (Fsp3) is 0.158. The first-order valence-electron chi connectivity index (χ1n) is 7.71. The minimum atomic E-state index is -4.54. The molecule has 0 atom stereocenters. The maximum atomic E-state index is 12.9. The number of halogens is 3. The van der Waals surface area contributed by atoms with Crippen LogP contribution in [0.25, 0.3) is 10.2 Å². The first-order chi connectivity index (χ1) is 12.8. The van der Waals surface area contributed by atoms with E-state index in [0.717, 1.165) is 16.8 Å². The average molecular weight is 390 g/mol. The van der Waals surface area contributed by atoms with Crippen molar-refractivity contribution in [3.63, 3.8) is 0 Å². The summed E-state index contributed by atoms with van der Waals surface area (Å²) < 4.78 is 46.4. The fourth-order valence-corrected chi connectivity index (χ4v) is 3.61. The molecular weight excluding hydrogens is 377 g/mol. The second-order valence-electron chi connectivity index (χ2n) is 5.48. The summed E-state index contributed by atoms with van der Waals surface area (Å²) in [4.78, 5) is 16.8. The predicted molar refractivity (Wildman–Crippen MR) is 96.5 cm³/mol. The summed E-state index contributed by atoms with van der Waals surface area (Å²) in [6, 6.07) is 9.51. The molecule has 3 rings (SSSR count).